The van der Waals surface area contributed by atoms with Crippen molar-refractivity contribution >= 4 is 23.4 Å². The number of nitrogens with one attached hydrogen (secondary N) is 1. The number of amides is 2. The van der Waals surface area contributed by atoms with Crippen molar-refractivity contribution in [2.75, 3.05) is 19.0 Å². The van der Waals surface area contributed by atoms with Crippen molar-refractivity contribution in [2.24, 2.45) is 11.8 Å². The van der Waals surface area contributed by atoms with Crippen LogP contribution in [0, 0.1) is 11.8 Å². The number of rotatable bonds is 8. The Labute approximate surface area is 136 Å². The number of carbonyl (C=O) groups is 2. The predicted molar refractivity (Wildman–Crippen MR) is 84.6 cm³/mol. The lowest BCUT2D eigenvalue weighted by Gasteiger charge is -2.22. The highest BCUT2D eigenvalue weighted by Crippen LogP contribution is 2.09. The summed E-state index contributed by atoms with van der Waals surface area (Å²) in [6.45, 7) is 9.38. The van der Waals surface area contributed by atoms with Crippen LogP contribution in [-0.4, -0.2) is 40.7 Å². The highest BCUT2D eigenvalue weighted by Gasteiger charge is 2.19. The minimum Gasteiger partial charge on any atom is -0.446 e. The Balaban J connectivity index is 2.69. The molecule has 1 heterocycles. The number of nitrogens with zero attached hydrogens (tertiary/aromatic N) is 2. The molecule has 2 amide bonds. The van der Waals surface area contributed by atoms with E-state index in [1.165, 1.54) is 6.26 Å². The van der Waals surface area contributed by atoms with E-state index in [4.69, 9.17) is 16.0 Å². The van der Waals surface area contributed by atoms with Gasteiger partial charge in [-0.25, -0.2) is 4.98 Å². The van der Waals surface area contributed by atoms with Gasteiger partial charge >= 0.3 is 0 Å². The molecule has 0 aliphatic heterocycles. The lowest BCUT2D eigenvalue weighted by Crippen LogP contribution is -2.34. The third kappa shape index (κ3) is 6.05. The summed E-state index contributed by atoms with van der Waals surface area (Å²) in [4.78, 5) is 29.4. The second-order valence-corrected chi connectivity index (χ2v) is 6.30. The third-order valence-corrected chi connectivity index (χ3v) is 3.06. The molecule has 0 spiro atoms. The van der Waals surface area contributed by atoms with Crippen LogP contribution in [-0.2, 0) is 11.3 Å². The fourth-order valence-corrected chi connectivity index (χ4v) is 1.99. The summed E-state index contributed by atoms with van der Waals surface area (Å²) in [5.74, 6) is 0.444. The van der Waals surface area contributed by atoms with Gasteiger partial charge in [-0.15, -0.1) is 11.6 Å². The van der Waals surface area contributed by atoms with Crippen LogP contribution in [0.15, 0.2) is 10.7 Å². The number of oxazole rings is 1. The Morgan fingerprint density at radius 1 is 1.32 bits per heavy atom. The zero-order valence-corrected chi connectivity index (χ0v) is 14.3. The number of halogens is 1. The molecule has 124 valence electrons. The molecule has 1 rings (SSSR count). The van der Waals surface area contributed by atoms with E-state index in [0.29, 0.717) is 30.8 Å². The lowest BCUT2D eigenvalue weighted by atomic mass is 10.2. The van der Waals surface area contributed by atoms with Gasteiger partial charge in [0.2, 0.25) is 11.8 Å². The van der Waals surface area contributed by atoms with Crippen molar-refractivity contribution in [2.45, 2.75) is 34.2 Å². The van der Waals surface area contributed by atoms with Crippen molar-refractivity contribution in [1.29, 1.82) is 0 Å². The molecule has 0 atom stereocenters. The standard InChI is InChI=1S/C15H24ClN3O3/c1-10(2)6-17-15(21)12-9-22-13(18-12)8-19(7-11(3)4)14(20)5-16/h9-11H,5-8H2,1-4H3,(H,17,21). The Kier molecular flexibility index (Phi) is 7.38. The molecule has 22 heavy (non-hydrogen) atoms. The quantitative estimate of drug-likeness (QED) is 0.742. The van der Waals surface area contributed by atoms with Gasteiger partial charge in [0.25, 0.3) is 5.91 Å². The number of carbonyl (C=O) groups excluding carboxylic acids is 2. The van der Waals surface area contributed by atoms with Crippen LogP contribution in [0.2, 0.25) is 0 Å². The fraction of sp³-hybridized carbons (Fsp3) is 0.667. The first kappa shape index (κ1) is 18.5. The molecule has 0 bridgehead atoms. The molecule has 0 aliphatic rings. The summed E-state index contributed by atoms with van der Waals surface area (Å²) < 4.78 is 5.29. The molecule has 1 aromatic rings. The van der Waals surface area contributed by atoms with Crippen LogP contribution in [0.3, 0.4) is 0 Å². The molecular weight excluding hydrogens is 306 g/mol. The molecule has 1 N–H and O–H groups in total. The first-order valence-corrected chi connectivity index (χ1v) is 7.93. The van der Waals surface area contributed by atoms with E-state index in [1.807, 2.05) is 27.7 Å². The Morgan fingerprint density at radius 2 is 2.00 bits per heavy atom. The van der Waals surface area contributed by atoms with Gasteiger partial charge in [0.15, 0.2) is 5.69 Å². The topological polar surface area (TPSA) is 75.4 Å². The molecule has 0 aliphatic carbocycles. The molecule has 0 fully saturated rings. The summed E-state index contributed by atoms with van der Waals surface area (Å²) in [6, 6.07) is 0. The molecular formula is C15H24ClN3O3. The van der Waals surface area contributed by atoms with Gasteiger partial charge in [-0.2, -0.15) is 0 Å². The van der Waals surface area contributed by atoms with Crippen molar-refractivity contribution < 1.29 is 14.0 Å². The van der Waals surface area contributed by atoms with E-state index in [9.17, 15) is 9.59 Å². The summed E-state index contributed by atoms with van der Waals surface area (Å²) in [6.07, 6.45) is 1.31. The van der Waals surface area contributed by atoms with E-state index in [0.717, 1.165) is 0 Å². The zero-order valence-electron chi connectivity index (χ0n) is 13.6. The summed E-state index contributed by atoms with van der Waals surface area (Å²) >= 11 is 5.62. The van der Waals surface area contributed by atoms with Crippen LogP contribution in [0.4, 0.5) is 0 Å². The maximum absolute atomic E-state index is 11.9. The maximum Gasteiger partial charge on any atom is 0.273 e. The average Bonchev–Trinajstić information content (AvgIpc) is 2.91. The third-order valence-electron chi connectivity index (χ3n) is 2.83. The van der Waals surface area contributed by atoms with Gasteiger partial charge in [0, 0.05) is 13.1 Å². The highest BCUT2D eigenvalue weighted by atomic mass is 35.5. The molecule has 0 saturated heterocycles. The minimum absolute atomic E-state index is 0.0881. The summed E-state index contributed by atoms with van der Waals surface area (Å²) in [5.41, 5.74) is 0.221. The normalized spacial score (nSPS) is 11.0. The van der Waals surface area contributed by atoms with Gasteiger partial charge in [-0.3, -0.25) is 9.59 Å². The van der Waals surface area contributed by atoms with Crippen LogP contribution in [0.5, 0.6) is 0 Å². The molecule has 0 radical (unpaired) electrons. The molecule has 1 aromatic heterocycles. The number of alkyl halides is 1. The minimum atomic E-state index is -0.275. The van der Waals surface area contributed by atoms with Gasteiger partial charge < -0.3 is 14.6 Å². The molecule has 0 unspecified atom stereocenters. The van der Waals surface area contributed by atoms with E-state index in [-0.39, 0.29) is 29.9 Å². The zero-order chi connectivity index (χ0) is 16.7. The van der Waals surface area contributed by atoms with Crippen LogP contribution in [0.25, 0.3) is 0 Å². The van der Waals surface area contributed by atoms with Gasteiger partial charge in [0.1, 0.15) is 12.1 Å². The van der Waals surface area contributed by atoms with Crippen LogP contribution < -0.4 is 5.32 Å². The first-order chi connectivity index (χ1) is 10.3. The van der Waals surface area contributed by atoms with Crippen LogP contribution in [0.1, 0.15) is 44.1 Å². The number of hydrogen-bond donors (Lipinski definition) is 1. The molecule has 0 saturated carbocycles. The monoisotopic (exact) mass is 329 g/mol. The van der Waals surface area contributed by atoms with E-state index < -0.39 is 0 Å². The second kappa shape index (κ2) is 8.78. The Hall–Kier alpha value is -1.56. The highest BCUT2D eigenvalue weighted by molar-refractivity contribution is 6.27. The van der Waals surface area contributed by atoms with Crippen molar-refractivity contribution in [3.63, 3.8) is 0 Å². The lowest BCUT2D eigenvalue weighted by molar-refractivity contribution is -0.129. The van der Waals surface area contributed by atoms with Gasteiger partial charge in [0.05, 0.1) is 6.54 Å². The van der Waals surface area contributed by atoms with Gasteiger partial charge in [-0.05, 0) is 11.8 Å². The second-order valence-electron chi connectivity index (χ2n) is 6.03. The predicted octanol–water partition coefficient (Wildman–Crippen LogP) is 2.28. The Bertz CT molecular complexity index is 500. The number of aromatic nitrogens is 1. The number of hydrogen-bond acceptors (Lipinski definition) is 4. The van der Waals surface area contributed by atoms with Crippen LogP contribution >= 0.6 is 11.6 Å². The van der Waals surface area contributed by atoms with Crippen molar-refractivity contribution in [1.82, 2.24) is 15.2 Å². The first-order valence-electron chi connectivity index (χ1n) is 7.39. The summed E-state index contributed by atoms with van der Waals surface area (Å²) in [7, 11) is 0. The maximum atomic E-state index is 11.9. The smallest absolute Gasteiger partial charge is 0.273 e. The van der Waals surface area contributed by atoms with E-state index in [1.54, 1.807) is 4.90 Å². The summed E-state index contributed by atoms with van der Waals surface area (Å²) in [5, 5.41) is 2.77. The van der Waals surface area contributed by atoms with E-state index >= 15 is 0 Å². The largest absolute Gasteiger partial charge is 0.446 e. The van der Waals surface area contributed by atoms with Gasteiger partial charge in [-0.1, -0.05) is 27.7 Å². The SMILES string of the molecule is CC(C)CNC(=O)c1coc(CN(CC(C)C)C(=O)CCl)n1. The fourth-order valence-electron chi connectivity index (χ4n) is 1.82. The van der Waals surface area contributed by atoms with Crippen molar-refractivity contribution in [3.05, 3.63) is 17.8 Å². The molecule has 7 heteroatoms. The van der Waals surface area contributed by atoms with E-state index in [2.05, 4.69) is 10.3 Å². The molecule has 6 nitrogen and oxygen atoms in total. The molecule has 0 aromatic carbocycles. The van der Waals surface area contributed by atoms with Crippen molar-refractivity contribution in [3.8, 4) is 0 Å². The Morgan fingerprint density at radius 3 is 2.55 bits per heavy atom. The average molecular weight is 330 g/mol.